The highest BCUT2D eigenvalue weighted by atomic mass is 35.5. The Morgan fingerprint density at radius 2 is 1.55 bits per heavy atom. The minimum absolute atomic E-state index is 0.0409. The molecular weight excluding hydrogens is 455 g/mol. The number of hydrogen-bond acceptors (Lipinski definition) is 4. The van der Waals surface area contributed by atoms with Crippen LogP contribution in [0.5, 0.6) is 5.75 Å². The number of hydrogen-bond donors (Lipinski definition) is 0. The van der Waals surface area contributed by atoms with Gasteiger partial charge in [-0.3, -0.25) is 9.59 Å². The molecule has 0 bridgehead atoms. The maximum Gasteiger partial charge on any atom is 0.225 e. The van der Waals surface area contributed by atoms with E-state index in [4.69, 9.17) is 16.3 Å². The van der Waals surface area contributed by atoms with E-state index < -0.39 is 12.7 Å². The standard InChI is InChI=1S/C27H28ClO4P/c1-17-16-19(25(29)24-21(28)8-7-9-22(24)32-5)12-15-23(17)33(6,31)26(30)18-10-13-20(14-11-18)27(2,3)4/h7-16H,1-6H3. The predicted molar refractivity (Wildman–Crippen MR) is 135 cm³/mol. The fourth-order valence-corrected chi connectivity index (χ4v) is 5.99. The lowest BCUT2D eigenvalue weighted by Gasteiger charge is -2.20. The van der Waals surface area contributed by atoms with Crippen LogP contribution < -0.4 is 10.0 Å². The zero-order chi connectivity index (χ0) is 24.6. The molecule has 0 radical (unpaired) electrons. The Hall–Kier alpha value is -2.68. The second kappa shape index (κ2) is 9.29. The van der Waals surface area contributed by atoms with E-state index in [9.17, 15) is 14.2 Å². The molecule has 4 nitrogen and oxygen atoms in total. The molecule has 6 heteroatoms. The van der Waals surface area contributed by atoms with E-state index in [1.165, 1.54) is 13.8 Å². The van der Waals surface area contributed by atoms with Crippen molar-refractivity contribution in [3.8, 4) is 5.75 Å². The average molecular weight is 483 g/mol. The van der Waals surface area contributed by atoms with E-state index in [1.807, 2.05) is 12.1 Å². The summed E-state index contributed by atoms with van der Waals surface area (Å²) in [5, 5.41) is 0.728. The van der Waals surface area contributed by atoms with Crippen molar-refractivity contribution in [2.45, 2.75) is 33.1 Å². The molecule has 0 heterocycles. The summed E-state index contributed by atoms with van der Waals surface area (Å²) in [7, 11) is -1.92. The number of rotatable bonds is 6. The molecule has 0 amide bonds. The first kappa shape index (κ1) is 25.0. The molecule has 3 aromatic rings. The lowest BCUT2D eigenvalue weighted by molar-refractivity contribution is 0.103. The van der Waals surface area contributed by atoms with E-state index in [2.05, 4.69) is 20.8 Å². The van der Waals surface area contributed by atoms with Gasteiger partial charge in [-0.1, -0.05) is 74.8 Å². The SMILES string of the molecule is COc1cccc(Cl)c1C(=O)c1ccc(P(C)(=O)C(=O)c2ccc(C(C)(C)C)cc2)c(C)c1. The van der Waals surface area contributed by atoms with Crippen LogP contribution >= 0.6 is 18.7 Å². The minimum atomic E-state index is -3.40. The smallest absolute Gasteiger partial charge is 0.225 e. The largest absolute Gasteiger partial charge is 0.496 e. The lowest BCUT2D eigenvalue weighted by Crippen LogP contribution is -2.17. The summed E-state index contributed by atoms with van der Waals surface area (Å²) < 4.78 is 18.9. The molecule has 0 aliphatic heterocycles. The normalized spacial score (nSPS) is 13.3. The number of benzene rings is 3. The summed E-state index contributed by atoms with van der Waals surface area (Å²) in [5.74, 6) is 0.0754. The zero-order valence-corrected chi connectivity index (χ0v) is 21.4. The Balaban J connectivity index is 1.95. The topological polar surface area (TPSA) is 60.4 Å². The van der Waals surface area contributed by atoms with Crippen molar-refractivity contribution in [3.63, 3.8) is 0 Å². The highest BCUT2D eigenvalue weighted by Gasteiger charge is 2.31. The maximum absolute atomic E-state index is 13.6. The van der Waals surface area contributed by atoms with Crippen LogP contribution in [0.2, 0.25) is 5.02 Å². The van der Waals surface area contributed by atoms with Crippen molar-refractivity contribution in [3.05, 3.63) is 93.5 Å². The quantitative estimate of drug-likeness (QED) is 0.292. The number of methoxy groups -OCH3 is 1. The van der Waals surface area contributed by atoms with Crippen molar-refractivity contribution >= 4 is 35.4 Å². The molecule has 0 spiro atoms. The molecule has 0 aliphatic carbocycles. The first-order valence-electron chi connectivity index (χ1n) is 10.6. The van der Waals surface area contributed by atoms with Crippen LogP contribution in [-0.4, -0.2) is 25.1 Å². The van der Waals surface area contributed by atoms with Gasteiger partial charge in [-0.15, -0.1) is 0 Å². The highest BCUT2D eigenvalue weighted by Crippen LogP contribution is 2.45. The average Bonchev–Trinajstić information content (AvgIpc) is 2.77. The lowest BCUT2D eigenvalue weighted by atomic mass is 9.87. The van der Waals surface area contributed by atoms with Crippen LogP contribution in [0.3, 0.4) is 0 Å². The number of aryl methyl sites for hydroxylation is 1. The van der Waals surface area contributed by atoms with Gasteiger partial charge in [-0.25, -0.2) is 0 Å². The van der Waals surface area contributed by atoms with Gasteiger partial charge in [0.15, 0.2) is 12.9 Å². The number of halogens is 1. The molecule has 1 atom stereocenters. The summed E-state index contributed by atoms with van der Waals surface area (Å²) in [6, 6.07) is 17.1. The van der Waals surface area contributed by atoms with E-state index in [0.717, 1.165) is 5.56 Å². The van der Waals surface area contributed by atoms with Gasteiger partial charge in [-0.2, -0.15) is 0 Å². The molecule has 0 saturated carbocycles. The van der Waals surface area contributed by atoms with Crippen molar-refractivity contribution < 1.29 is 18.9 Å². The van der Waals surface area contributed by atoms with E-state index in [1.54, 1.807) is 55.5 Å². The third kappa shape index (κ3) is 4.98. The molecule has 33 heavy (non-hydrogen) atoms. The van der Waals surface area contributed by atoms with Gasteiger partial charge < -0.3 is 9.30 Å². The first-order valence-corrected chi connectivity index (χ1v) is 13.1. The fraction of sp³-hybridized carbons (Fsp3) is 0.259. The minimum Gasteiger partial charge on any atom is -0.496 e. The van der Waals surface area contributed by atoms with Gasteiger partial charge >= 0.3 is 0 Å². The Kier molecular flexibility index (Phi) is 7.02. The molecule has 0 aliphatic rings. The van der Waals surface area contributed by atoms with Crippen LogP contribution in [0.25, 0.3) is 0 Å². The van der Waals surface area contributed by atoms with Crippen molar-refractivity contribution in [1.29, 1.82) is 0 Å². The molecule has 172 valence electrons. The van der Waals surface area contributed by atoms with Gasteiger partial charge in [0.2, 0.25) is 5.52 Å². The van der Waals surface area contributed by atoms with E-state index in [-0.39, 0.29) is 21.8 Å². The first-order chi connectivity index (χ1) is 15.4. The summed E-state index contributed by atoms with van der Waals surface area (Å²) >= 11 is 6.26. The van der Waals surface area contributed by atoms with Gasteiger partial charge in [-0.05, 0) is 41.7 Å². The summed E-state index contributed by atoms with van der Waals surface area (Å²) in [5.41, 5.74) is 2.32. The Bertz CT molecular complexity index is 1270. The monoisotopic (exact) mass is 482 g/mol. The van der Waals surface area contributed by atoms with Crippen LogP contribution in [0.4, 0.5) is 0 Å². The zero-order valence-electron chi connectivity index (χ0n) is 19.7. The van der Waals surface area contributed by atoms with Gasteiger partial charge in [0.1, 0.15) is 5.75 Å². The van der Waals surface area contributed by atoms with Crippen LogP contribution in [-0.2, 0) is 9.98 Å². The van der Waals surface area contributed by atoms with Crippen LogP contribution in [0.1, 0.15) is 58.2 Å². The Labute approximate surface area is 200 Å². The second-order valence-electron chi connectivity index (χ2n) is 9.20. The Morgan fingerprint density at radius 3 is 2.09 bits per heavy atom. The number of ketones is 1. The highest BCUT2D eigenvalue weighted by molar-refractivity contribution is 7.87. The molecule has 3 aromatic carbocycles. The molecule has 0 aromatic heterocycles. The summed E-state index contributed by atoms with van der Waals surface area (Å²) in [6.07, 6.45) is 0. The van der Waals surface area contributed by atoms with E-state index >= 15 is 0 Å². The summed E-state index contributed by atoms with van der Waals surface area (Å²) in [6.45, 7) is 9.52. The van der Waals surface area contributed by atoms with Crippen molar-refractivity contribution in [2.75, 3.05) is 13.8 Å². The van der Waals surface area contributed by atoms with Crippen LogP contribution in [0.15, 0.2) is 60.7 Å². The molecule has 1 unspecified atom stereocenters. The molecular formula is C27H28ClO4P. The van der Waals surface area contributed by atoms with Crippen molar-refractivity contribution in [1.82, 2.24) is 0 Å². The van der Waals surface area contributed by atoms with Gasteiger partial charge in [0.25, 0.3) is 0 Å². The third-order valence-electron chi connectivity index (χ3n) is 5.73. The van der Waals surface area contributed by atoms with E-state index in [0.29, 0.717) is 27.7 Å². The Morgan fingerprint density at radius 1 is 0.939 bits per heavy atom. The molecule has 3 rings (SSSR count). The summed E-state index contributed by atoms with van der Waals surface area (Å²) in [4.78, 5) is 26.3. The number of carbonyl (C=O) groups is 2. The number of carbonyl (C=O) groups excluding carboxylic acids is 2. The molecule has 0 fully saturated rings. The van der Waals surface area contributed by atoms with Crippen LogP contribution in [0, 0.1) is 6.92 Å². The van der Waals surface area contributed by atoms with Crippen molar-refractivity contribution in [2.24, 2.45) is 0 Å². The van der Waals surface area contributed by atoms with Gasteiger partial charge in [0.05, 0.1) is 17.7 Å². The predicted octanol–water partition coefficient (Wildman–Crippen LogP) is 6.64. The maximum atomic E-state index is 13.6. The third-order valence-corrected chi connectivity index (χ3v) is 8.50. The van der Waals surface area contributed by atoms with Gasteiger partial charge in [0, 0.05) is 23.1 Å². The molecule has 0 N–H and O–H groups in total. The number of ether oxygens (including phenoxy) is 1. The fourth-order valence-electron chi connectivity index (χ4n) is 3.78. The second-order valence-corrected chi connectivity index (χ2v) is 12.3. The molecule has 0 saturated heterocycles.